The van der Waals surface area contributed by atoms with Crippen molar-refractivity contribution in [1.82, 2.24) is 20.0 Å². The SMILES string of the molecule is COc1ccccc1CNC(=O)C1(C)Cn2nc(-c3ccccc3)cc2C(=O)N1Cc1ccccc1C. The maximum Gasteiger partial charge on any atom is 0.273 e. The number of nitrogens with zero attached hydrogens (tertiary/aromatic N) is 3. The molecule has 7 nitrogen and oxygen atoms in total. The Morgan fingerprint density at radius 3 is 2.41 bits per heavy atom. The third kappa shape index (κ3) is 4.60. The summed E-state index contributed by atoms with van der Waals surface area (Å²) in [6, 6.07) is 27.1. The fourth-order valence-corrected chi connectivity index (χ4v) is 4.81. The van der Waals surface area contributed by atoms with E-state index in [2.05, 4.69) is 5.32 Å². The van der Waals surface area contributed by atoms with Crippen molar-refractivity contribution in [3.63, 3.8) is 0 Å². The summed E-state index contributed by atoms with van der Waals surface area (Å²) in [5.74, 6) is 0.230. The van der Waals surface area contributed by atoms with Gasteiger partial charge in [-0.25, -0.2) is 0 Å². The second-order valence-corrected chi connectivity index (χ2v) is 9.52. The molecule has 0 saturated heterocycles. The Kier molecular flexibility index (Phi) is 6.53. The highest BCUT2D eigenvalue weighted by molar-refractivity contribution is 6.00. The van der Waals surface area contributed by atoms with Crippen LogP contribution in [0.2, 0.25) is 0 Å². The summed E-state index contributed by atoms with van der Waals surface area (Å²) in [5, 5.41) is 7.77. The van der Waals surface area contributed by atoms with Gasteiger partial charge in [-0.05, 0) is 37.1 Å². The Labute approximate surface area is 216 Å². The molecule has 3 aromatic carbocycles. The molecule has 1 aliphatic rings. The number of hydrogen-bond donors (Lipinski definition) is 1. The van der Waals surface area contributed by atoms with E-state index in [1.165, 1.54) is 0 Å². The fraction of sp³-hybridized carbons (Fsp3) is 0.233. The molecular formula is C30H30N4O3. The maximum atomic E-state index is 13.9. The van der Waals surface area contributed by atoms with Gasteiger partial charge in [0, 0.05) is 24.2 Å². The van der Waals surface area contributed by atoms with Crippen LogP contribution >= 0.6 is 0 Å². The van der Waals surface area contributed by atoms with Crippen LogP contribution in [0.15, 0.2) is 84.9 Å². The van der Waals surface area contributed by atoms with Gasteiger partial charge < -0.3 is 15.0 Å². The molecule has 7 heteroatoms. The van der Waals surface area contributed by atoms with Crippen LogP contribution in [0.1, 0.15) is 34.1 Å². The van der Waals surface area contributed by atoms with Crippen molar-refractivity contribution < 1.29 is 14.3 Å². The van der Waals surface area contributed by atoms with Crippen molar-refractivity contribution in [3.8, 4) is 17.0 Å². The van der Waals surface area contributed by atoms with Crippen molar-refractivity contribution in [2.24, 2.45) is 0 Å². The third-order valence-corrected chi connectivity index (χ3v) is 7.08. The van der Waals surface area contributed by atoms with E-state index in [0.717, 1.165) is 22.3 Å². The molecule has 1 atom stereocenters. The number of para-hydroxylation sites is 1. The second-order valence-electron chi connectivity index (χ2n) is 9.52. The Hall–Kier alpha value is -4.39. The first-order chi connectivity index (χ1) is 17.9. The van der Waals surface area contributed by atoms with Crippen molar-refractivity contribution >= 4 is 11.8 Å². The van der Waals surface area contributed by atoms with Gasteiger partial charge in [-0.3, -0.25) is 14.3 Å². The molecule has 188 valence electrons. The van der Waals surface area contributed by atoms with Crippen molar-refractivity contribution in [3.05, 3.63) is 107 Å². The molecule has 0 spiro atoms. The first-order valence-corrected chi connectivity index (χ1v) is 12.3. The van der Waals surface area contributed by atoms with E-state index < -0.39 is 5.54 Å². The number of nitrogens with one attached hydrogen (secondary N) is 1. The average Bonchev–Trinajstić information content (AvgIpc) is 3.35. The highest BCUT2D eigenvalue weighted by Gasteiger charge is 2.48. The van der Waals surface area contributed by atoms with Crippen LogP contribution in [0.4, 0.5) is 0 Å². The second kappa shape index (κ2) is 9.93. The van der Waals surface area contributed by atoms with E-state index in [9.17, 15) is 9.59 Å². The lowest BCUT2D eigenvalue weighted by molar-refractivity contribution is -0.133. The number of aromatic nitrogens is 2. The van der Waals surface area contributed by atoms with Crippen LogP contribution in [0.5, 0.6) is 5.75 Å². The van der Waals surface area contributed by atoms with E-state index in [4.69, 9.17) is 9.84 Å². The molecule has 1 aromatic heterocycles. The molecule has 1 N–H and O–H groups in total. The topological polar surface area (TPSA) is 76.5 Å². The molecule has 4 aromatic rings. The molecule has 1 aliphatic heterocycles. The number of carbonyl (C=O) groups excluding carboxylic acids is 2. The fourth-order valence-electron chi connectivity index (χ4n) is 4.81. The summed E-state index contributed by atoms with van der Waals surface area (Å²) in [5.41, 5.74) is 3.87. The lowest BCUT2D eigenvalue weighted by Gasteiger charge is -2.43. The Morgan fingerprint density at radius 1 is 1.00 bits per heavy atom. The van der Waals surface area contributed by atoms with Crippen LogP contribution in [0, 0.1) is 6.92 Å². The van der Waals surface area contributed by atoms with E-state index in [-0.39, 0.29) is 24.9 Å². The van der Waals surface area contributed by atoms with Crippen molar-refractivity contribution in [2.75, 3.05) is 7.11 Å². The summed E-state index contributed by atoms with van der Waals surface area (Å²) < 4.78 is 7.11. The summed E-state index contributed by atoms with van der Waals surface area (Å²) in [4.78, 5) is 29.4. The van der Waals surface area contributed by atoms with Crippen molar-refractivity contribution in [2.45, 2.75) is 39.0 Å². The minimum absolute atomic E-state index is 0.223. The number of hydrogen-bond acceptors (Lipinski definition) is 4. The van der Waals surface area contributed by atoms with Gasteiger partial charge >= 0.3 is 0 Å². The molecule has 2 amide bonds. The van der Waals surface area contributed by atoms with Gasteiger partial charge in [0.05, 0.1) is 19.3 Å². The Bertz CT molecular complexity index is 1450. The van der Waals surface area contributed by atoms with Gasteiger partial charge in [0.15, 0.2) is 0 Å². The number of fused-ring (bicyclic) bond motifs is 1. The van der Waals surface area contributed by atoms with Crippen LogP contribution in [0.25, 0.3) is 11.3 Å². The first kappa shape index (κ1) is 24.3. The minimum atomic E-state index is -1.16. The monoisotopic (exact) mass is 494 g/mol. The Balaban J connectivity index is 1.50. The van der Waals surface area contributed by atoms with Gasteiger partial charge in [-0.2, -0.15) is 5.10 Å². The number of amides is 2. The van der Waals surface area contributed by atoms with E-state index in [0.29, 0.717) is 23.7 Å². The zero-order valence-corrected chi connectivity index (χ0v) is 21.3. The summed E-state index contributed by atoms with van der Waals surface area (Å²) >= 11 is 0. The van der Waals surface area contributed by atoms with Gasteiger partial charge in [0.2, 0.25) is 5.91 Å². The van der Waals surface area contributed by atoms with Crippen LogP contribution in [-0.2, 0) is 24.4 Å². The summed E-state index contributed by atoms with van der Waals surface area (Å²) in [6.07, 6.45) is 0. The van der Waals surface area contributed by atoms with E-state index in [1.807, 2.05) is 98.8 Å². The molecule has 1 unspecified atom stereocenters. The molecule has 5 rings (SSSR count). The normalized spacial score (nSPS) is 16.8. The number of benzene rings is 3. The predicted molar refractivity (Wildman–Crippen MR) is 142 cm³/mol. The van der Waals surface area contributed by atoms with E-state index >= 15 is 0 Å². The van der Waals surface area contributed by atoms with Crippen LogP contribution in [-0.4, -0.2) is 39.1 Å². The lowest BCUT2D eigenvalue weighted by atomic mass is 9.93. The van der Waals surface area contributed by atoms with E-state index in [1.54, 1.807) is 16.7 Å². The standard InChI is InChI=1S/C30H30N4O3/c1-21-11-7-8-15-24(21)19-33-28(35)26-17-25(22-12-5-4-6-13-22)32-34(26)20-30(33,2)29(36)31-18-23-14-9-10-16-27(23)37-3/h4-17H,18-20H2,1-3H3,(H,31,36). The van der Waals surface area contributed by atoms with Gasteiger partial charge in [0.25, 0.3) is 5.91 Å². The number of carbonyl (C=O) groups is 2. The number of ether oxygens (including phenoxy) is 1. The predicted octanol–water partition coefficient (Wildman–Crippen LogP) is 4.60. The molecular weight excluding hydrogens is 464 g/mol. The molecule has 37 heavy (non-hydrogen) atoms. The molecule has 0 radical (unpaired) electrons. The number of methoxy groups -OCH3 is 1. The molecule has 0 aliphatic carbocycles. The smallest absolute Gasteiger partial charge is 0.273 e. The van der Waals surface area contributed by atoms with Gasteiger partial charge in [-0.15, -0.1) is 0 Å². The molecule has 0 fully saturated rings. The zero-order chi connectivity index (χ0) is 26.0. The minimum Gasteiger partial charge on any atom is -0.496 e. The Morgan fingerprint density at radius 2 is 1.68 bits per heavy atom. The van der Waals surface area contributed by atoms with Crippen LogP contribution in [0.3, 0.4) is 0 Å². The highest BCUT2D eigenvalue weighted by Crippen LogP contribution is 2.32. The molecule has 0 bridgehead atoms. The summed E-state index contributed by atoms with van der Waals surface area (Å²) in [6.45, 7) is 4.67. The lowest BCUT2D eigenvalue weighted by Crippen LogP contribution is -2.63. The average molecular weight is 495 g/mol. The maximum absolute atomic E-state index is 13.9. The molecule has 2 heterocycles. The number of rotatable bonds is 7. The summed E-state index contributed by atoms with van der Waals surface area (Å²) in [7, 11) is 1.61. The quantitative estimate of drug-likeness (QED) is 0.408. The van der Waals surface area contributed by atoms with Crippen LogP contribution < -0.4 is 10.1 Å². The van der Waals surface area contributed by atoms with Crippen molar-refractivity contribution in [1.29, 1.82) is 0 Å². The third-order valence-electron chi connectivity index (χ3n) is 7.08. The molecule has 0 saturated carbocycles. The zero-order valence-electron chi connectivity index (χ0n) is 21.3. The first-order valence-electron chi connectivity index (χ1n) is 12.3. The largest absolute Gasteiger partial charge is 0.496 e. The van der Waals surface area contributed by atoms with Gasteiger partial charge in [0.1, 0.15) is 17.0 Å². The number of aryl methyl sites for hydroxylation is 1. The van der Waals surface area contributed by atoms with Gasteiger partial charge in [-0.1, -0.05) is 72.8 Å². The highest BCUT2D eigenvalue weighted by atomic mass is 16.5.